The van der Waals surface area contributed by atoms with Gasteiger partial charge in [0.25, 0.3) is 5.91 Å². The Hall–Kier alpha value is -2.69. The molecule has 3 N–H and O–H groups in total. The van der Waals surface area contributed by atoms with Crippen molar-refractivity contribution in [3.8, 4) is 11.5 Å². The van der Waals surface area contributed by atoms with Crippen molar-refractivity contribution in [3.05, 3.63) is 61.2 Å². The Labute approximate surface area is 143 Å². The summed E-state index contributed by atoms with van der Waals surface area (Å²) in [6.45, 7) is 0. The first kappa shape index (κ1) is 16.7. The summed E-state index contributed by atoms with van der Waals surface area (Å²) in [6, 6.07) is 8.11. The molecular weight excluding hydrogens is 417 g/mol. The molecule has 0 aliphatic heterocycles. The molecule has 8 nitrogen and oxygen atoms in total. The Morgan fingerprint density at radius 2 is 1.96 bits per heavy atom. The first-order valence-electron chi connectivity index (χ1n) is 6.18. The van der Waals surface area contributed by atoms with Crippen LogP contribution in [0.25, 0.3) is 0 Å². The largest absolute Gasteiger partial charge is 0.507 e. The van der Waals surface area contributed by atoms with E-state index in [9.17, 15) is 25.1 Å². The number of carbonyl (C=O) groups excluding carboxylic acids is 1. The average Bonchev–Trinajstić information content (AvgIpc) is 2.51. The van der Waals surface area contributed by atoms with Crippen molar-refractivity contribution in [1.82, 2.24) is 5.43 Å². The van der Waals surface area contributed by atoms with Gasteiger partial charge in [0, 0.05) is 17.2 Å². The van der Waals surface area contributed by atoms with Crippen LogP contribution in [0, 0.1) is 13.7 Å². The number of nitro groups is 1. The number of nitrogens with one attached hydrogen (secondary N) is 1. The van der Waals surface area contributed by atoms with Gasteiger partial charge < -0.3 is 10.2 Å². The number of hydrogen-bond acceptors (Lipinski definition) is 6. The number of hydrazone groups is 1. The van der Waals surface area contributed by atoms with Gasteiger partial charge in [0.1, 0.15) is 5.75 Å². The molecule has 0 aliphatic rings. The Balaban J connectivity index is 2.09. The van der Waals surface area contributed by atoms with Crippen LogP contribution in [0.2, 0.25) is 0 Å². The van der Waals surface area contributed by atoms with Crippen molar-refractivity contribution in [1.29, 1.82) is 0 Å². The molecule has 2 aromatic rings. The second kappa shape index (κ2) is 7.05. The third-order valence-corrected chi connectivity index (χ3v) is 3.70. The van der Waals surface area contributed by atoms with E-state index in [-0.39, 0.29) is 11.3 Å². The van der Waals surface area contributed by atoms with Crippen LogP contribution in [-0.4, -0.2) is 27.3 Å². The molecule has 2 rings (SSSR count). The number of phenolic OH excluding ortho intramolecular Hbond substituents is 2. The molecule has 0 unspecified atom stereocenters. The molecule has 0 bridgehead atoms. The fraction of sp³-hybridized carbons (Fsp3) is 0. The molecule has 0 radical (unpaired) electrons. The zero-order valence-corrected chi connectivity index (χ0v) is 13.6. The van der Waals surface area contributed by atoms with Crippen LogP contribution in [-0.2, 0) is 0 Å². The van der Waals surface area contributed by atoms with Crippen LogP contribution in [0.4, 0.5) is 5.69 Å². The fourth-order valence-electron chi connectivity index (χ4n) is 1.65. The highest BCUT2D eigenvalue weighted by atomic mass is 127. The van der Waals surface area contributed by atoms with Crippen molar-refractivity contribution in [3.63, 3.8) is 0 Å². The van der Waals surface area contributed by atoms with Crippen LogP contribution >= 0.6 is 22.6 Å². The van der Waals surface area contributed by atoms with Gasteiger partial charge in [-0.1, -0.05) is 0 Å². The van der Waals surface area contributed by atoms with Crippen LogP contribution in [0.15, 0.2) is 41.5 Å². The molecule has 0 aromatic heterocycles. The number of halogens is 1. The summed E-state index contributed by atoms with van der Waals surface area (Å²) >= 11 is 1.92. The molecule has 23 heavy (non-hydrogen) atoms. The van der Waals surface area contributed by atoms with Gasteiger partial charge in [-0.3, -0.25) is 14.9 Å². The number of phenols is 2. The minimum Gasteiger partial charge on any atom is -0.507 e. The number of hydrogen-bond donors (Lipinski definition) is 3. The highest BCUT2D eigenvalue weighted by Gasteiger charge is 2.13. The number of aromatic hydroxyl groups is 2. The van der Waals surface area contributed by atoms with Gasteiger partial charge in [0.2, 0.25) is 0 Å². The van der Waals surface area contributed by atoms with E-state index in [2.05, 4.69) is 10.5 Å². The predicted octanol–water partition coefficient (Wildman–Crippen LogP) is 2.37. The molecule has 0 saturated carbocycles. The van der Waals surface area contributed by atoms with E-state index in [1.54, 1.807) is 6.07 Å². The van der Waals surface area contributed by atoms with E-state index in [0.29, 0.717) is 9.13 Å². The molecule has 0 aliphatic carbocycles. The zero-order valence-electron chi connectivity index (χ0n) is 11.4. The number of carbonyl (C=O) groups is 1. The van der Waals surface area contributed by atoms with Crippen LogP contribution in [0.3, 0.4) is 0 Å². The van der Waals surface area contributed by atoms with Gasteiger partial charge in [-0.2, -0.15) is 5.10 Å². The zero-order chi connectivity index (χ0) is 17.0. The van der Waals surface area contributed by atoms with E-state index < -0.39 is 22.3 Å². The first-order valence-corrected chi connectivity index (χ1v) is 7.25. The SMILES string of the molecule is O=C(N/N=C/c1ccc(O)c([N+](=O)[O-])c1)c1ccc(I)c(O)c1. The third-order valence-electron chi connectivity index (χ3n) is 2.78. The summed E-state index contributed by atoms with van der Waals surface area (Å²) in [6.07, 6.45) is 1.21. The minimum atomic E-state index is -0.723. The second-order valence-electron chi connectivity index (χ2n) is 4.37. The first-order chi connectivity index (χ1) is 10.9. The van der Waals surface area contributed by atoms with Gasteiger partial charge in [-0.25, -0.2) is 5.43 Å². The Kier molecular flexibility index (Phi) is 5.11. The smallest absolute Gasteiger partial charge is 0.311 e. The number of nitrogens with zero attached hydrogens (tertiary/aromatic N) is 2. The Bertz CT molecular complexity index is 807. The summed E-state index contributed by atoms with van der Waals surface area (Å²) in [5, 5.41) is 33.3. The lowest BCUT2D eigenvalue weighted by atomic mass is 10.2. The number of amides is 1. The van der Waals surface area contributed by atoms with E-state index in [4.69, 9.17) is 0 Å². The molecule has 2 aromatic carbocycles. The summed E-state index contributed by atoms with van der Waals surface area (Å²) in [5.74, 6) is -1.01. The Morgan fingerprint density at radius 3 is 2.61 bits per heavy atom. The molecule has 0 atom stereocenters. The van der Waals surface area contributed by atoms with Crippen molar-refractivity contribution in [2.24, 2.45) is 5.10 Å². The average molecular weight is 427 g/mol. The number of benzene rings is 2. The van der Waals surface area contributed by atoms with Gasteiger partial charge in [-0.15, -0.1) is 0 Å². The highest BCUT2D eigenvalue weighted by molar-refractivity contribution is 14.1. The normalized spacial score (nSPS) is 10.7. The van der Waals surface area contributed by atoms with Crippen LogP contribution in [0.1, 0.15) is 15.9 Å². The van der Waals surface area contributed by atoms with Crippen LogP contribution in [0.5, 0.6) is 11.5 Å². The lowest BCUT2D eigenvalue weighted by Gasteiger charge is -2.02. The highest BCUT2D eigenvalue weighted by Crippen LogP contribution is 2.25. The van der Waals surface area contributed by atoms with Crippen molar-refractivity contribution in [2.45, 2.75) is 0 Å². The van der Waals surface area contributed by atoms with Crippen molar-refractivity contribution >= 4 is 40.4 Å². The lowest BCUT2D eigenvalue weighted by molar-refractivity contribution is -0.385. The lowest BCUT2D eigenvalue weighted by Crippen LogP contribution is -2.17. The van der Waals surface area contributed by atoms with Gasteiger partial charge in [0.15, 0.2) is 5.75 Å². The molecule has 118 valence electrons. The number of nitro benzene ring substituents is 1. The minimum absolute atomic E-state index is 0.0172. The summed E-state index contributed by atoms with van der Waals surface area (Å²) in [5.41, 5.74) is 2.34. The fourth-order valence-corrected chi connectivity index (χ4v) is 1.99. The van der Waals surface area contributed by atoms with E-state index in [1.807, 2.05) is 22.6 Å². The van der Waals surface area contributed by atoms with E-state index >= 15 is 0 Å². The van der Waals surface area contributed by atoms with Gasteiger partial charge in [-0.05, 0) is 52.9 Å². The standard InChI is InChI=1S/C14H10IN3O5/c15-10-3-2-9(6-13(10)20)14(21)17-16-7-8-1-4-12(19)11(5-8)18(22)23/h1-7,19-20H,(H,17,21)/b16-7+. The molecule has 0 fully saturated rings. The van der Waals surface area contributed by atoms with Crippen LogP contribution < -0.4 is 5.43 Å². The molecular formula is C14H10IN3O5. The quantitative estimate of drug-likeness (QED) is 0.299. The van der Waals surface area contributed by atoms with E-state index in [0.717, 1.165) is 6.07 Å². The molecule has 9 heteroatoms. The summed E-state index contributed by atoms with van der Waals surface area (Å²) in [7, 11) is 0. The maximum absolute atomic E-state index is 11.8. The van der Waals surface area contributed by atoms with Crippen molar-refractivity contribution < 1.29 is 19.9 Å². The van der Waals surface area contributed by atoms with Gasteiger partial charge in [0.05, 0.1) is 14.7 Å². The van der Waals surface area contributed by atoms with Crippen molar-refractivity contribution in [2.75, 3.05) is 0 Å². The summed E-state index contributed by atoms with van der Waals surface area (Å²) < 4.78 is 0.610. The van der Waals surface area contributed by atoms with E-state index in [1.165, 1.54) is 30.5 Å². The summed E-state index contributed by atoms with van der Waals surface area (Å²) in [4.78, 5) is 21.8. The second-order valence-corrected chi connectivity index (χ2v) is 5.53. The molecule has 1 amide bonds. The third kappa shape index (κ3) is 4.16. The molecule has 0 spiro atoms. The maximum Gasteiger partial charge on any atom is 0.311 e. The topological polar surface area (TPSA) is 125 Å². The number of rotatable bonds is 4. The Morgan fingerprint density at radius 1 is 1.22 bits per heavy atom. The van der Waals surface area contributed by atoms with Gasteiger partial charge >= 0.3 is 5.69 Å². The monoisotopic (exact) mass is 427 g/mol. The maximum atomic E-state index is 11.8. The predicted molar refractivity (Wildman–Crippen MR) is 90.6 cm³/mol. The molecule has 0 saturated heterocycles. The molecule has 0 heterocycles.